The first-order valence-corrected chi connectivity index (χ1v) is 21.2. The fraction of sp³-hybridized carbons (Fsp3) is 0.133. The van der Waals surface area contributed by atoms with Crippen molar-refractivity contribution in [1.82, 2.24) is 0 Å². The zero-order valence-electron chi connectivity index (χ0n) is 25.9. The summed E-state index contributed by atoms with van der Waals surface area (Å²) in [5, 5.41) is 1.37. The van der Waals surface area contributed by atoms with Crippen LogP contribution in [0.1, 0.15) is 38.2 Å². The van der Waals surface area contributed by atoms with Gasteiger partial charge in [0.1, 0.15) is 10.7 Å². The standard InChI is InChI=1S/C15H8Cl2F5N.C15H9ClF5NO.Cl5P/c1-5-3-6(2)14(7(16)4-5)23-15(17)8-9(18)11(20)13(22)12(21)10(8)19;1-5-3-6(2)14(7(16)4-5)22-15(23)8-9(17)11(19)13(21)12(20)10(8)18;1-6(2,3,4)5/h3-4H,1-2H3;3-4H,1-2H3,(H,22,23);. The predicted molar refractivity (Wildman–Crippen MR) is 191 cm³/mol. The summed E-state index contributed by atoms with van der Waals surface area (Å²) in [6, 6.07) is 6.30. The Morgan fingerprint density at radius 1 is 0.558 bits per heavy atom. The van der Waals surface area contributed by atoms with Crippen LogP contribution < -0.4 is 5.32 Å². The van der Waals surface area contributed by atoms with Crippen LogP contribution in [0.3, 0.4) is 0 Å². The quantitative estimate of drug-likeness (QED) is 0.0716. The van der Waals surface area contributed by atoms with Gasteiger partial charge in [-0.3, -0.25) is 4.79 Å². The number of hydrogen-bond acceptors (Lipinski definition) is 2. The minimum atomic E-state index is -3.69. The van der Waals surface area contributed by atoms with Gasteiger partial charge in [-0.05, 0) is 62.1 Å². The minimum absolute atomic E-state index is 0.0196. The molecule has 0 aliphatic heterocycles. The molecule has 0 aromatic heterocycles. The van der Waals surface area contributed by atoms with Crippen molar-refractivity contribution in [3.05, 3.63) is 126 Å². The molecule has 1 amide bonds. The van der Waals surface area contributed by atoms with E-state index in [1.165, 1.54) is 12.1 Å². The number of anilines is 1. The second-order valence-electron chi connectivity index (χ2n) is 10.2. The summed E-state index contributed by atoms with van der Waals surface area (Å²) in [7, 11) is 0. The van der Waals surface area contributed by atoms with E-state index in [1.54, 1.807) is 39.8 Å². The summed E-state index contributed by atoms with van der Waals surface area (Å²) in [5.41, 5.74) is -0.223. The van der Waals surface area contributed by atoms with E-state index < -0.39 is 83.7 Å². The van der Waals surface area contributed by atoms with Gasteiger partial charge in [0.25, 0.3) is 5.91 Å². The molecule has 4 aromatic rings. The molecule has 0 spiro atoms. The fourth-order valence-corrected chi connectivity index (χ4v) is 5.03. The van der Waals surface area contributed by atoms with Crippen molar-refractivity contribution in [2.75, 3.05) is 5.32 Å². The van der Waals surface area contributed by atoms with Gasteiger partial charge in [0.2, 0.25) is 11.6 Å². The van der Waals surface area contributed by atoms with Crippen molar-refractivity contribution in [2.45, 2.75) is 27.7 Å². The van der Waals surface area contributed by atoms with Crippen molar-refractivity contribution in [1.29, 1.82) is 0 Å². The van der Waals surface area contributed by atoms with Gasteiger partial charge < -0.3 is 5.32 Å². The molecule has 0 atom stereocenters. The molecule has 0 heterocycles. The van der Waals surface area contributed by atoms with E-state index in [4.69, 9.17) is 91.0 Å². The Balaban J connectivity index is 0.000000312. The molecule has 4 rings (SSSR count). The van der Waals surface area contributed by atoms with Gasteiger partial charge in [-0.2, -0.15) is 0 Å². The Bertz CT molecular complexity index is 1990. The Labute approximate surface area is 327 Å². The summed E-state index contributed by atoms with van der Waals surface area (Å²) in [6.45, 7) is 6.67. The molecule has 1 N–H and O–H groups in total. The number of carbonyl (C=O) groups excluding carboxylic acids is 1. The number of aliphatic imine (C=N–C) groups is 1. The molecular formula is C30H17Cl8F10N2OP. The maximum absolute atomic E-state index is 13.7. The van der Waals surface area contributed by atoms with Crippen molar-refractivity contribution < 1.29 is 48.7 Å². The SMILES string of the molecule is Cc1cc(C)c(N=C(Cl)c2c(F)c(F)c(F)c(F)c2F)c(Cl)c1.Cc1cc(C)c(NC(=O)c2c(F)c(F)c(F)c(F)c2F)c(Cl)c1.ClP(Cl)(Cl)(Cl)Cl. The zero-order valence-corrected chi connectivity index (χ0v) is 32.9. The summed E-state index contributed by atoms with van der Waals surface area (Å²) in [6.07, 6.45) is 0. The van der Waals surface area contributed by atoms with Crippen LogP contribution in [0, 0.1) is 85.9 Å². The van der Waals surface area contributed by atoms with Crippen LogP contribution >= 0.6 is 94.4 Å². The number of benzene rings is 4. The molecule has 0 saturated heterocycles. The summed E-state index contributed by atoms with van der Waals surface area (Å²) in [4.78, 5) is 15.7. The fourth-order valence-electron chi connectivity index (χ4n) is 4.04. The van der Waals surface area contributed by atoms with E-state index in [1.807, 2.05) is 0 Å². The van der Waals surface area contributed by atoms with Crippen molar-refractivity contribution in [2.24, 2.45) is 4.99 Å². The van der Waals surface area contributed by atoms with Crippen LogP contribution in [-0.4, -0.2) is 11.1 Å². The molecule has 0 fully saturated rings. The number of hydrogen-bond donors (Lipinski definition) is 1. The van der Waals surface area contributed by atoms with Gasteiger partial charge in [0.15, 0.2) is 46.5 Å². The molecule has 0 radical (unpaired) electrons. The monoisotopic (exact) mass is 922 g/mol. The maximum atomic E-state index is 13.7. The number of nitrogens with zero attached hydrogens (tertiary/aromatic N) is 1. The number of carbonyl (C=O) groups is 1. The number of nitrogens with one attached hydrogen (secondary N) is 1. The molecule has 0 aliphatic carbocycles. The molecular weight excluding hydrogens is 909 g/mol. The number of amides is 1. The first-order chi connectivity index (χ1) is 23.5. The van der Waals surface area contributed by atoms with E-state index in [0.717, 1.165) is 11.1 Å². The molecule has 0 unspecified atom stereocenters. The Morgan fingerprint density at radius 3 is 1.25 bits per heavy atom. The summed E-state index contributed by atoms with van der Waals surface area (Å²) < 4.78 is 130. The van der Waals surface area contributed by atoms with Crippen LogP contribution in [0.2, 0.25) is 10.0 Å². The third-order valence-corrected chi connectivity index (χ3v) is 6.99. The Morgan fingerprint density at radius 2 is 0.885 bits per heavy atom. The van der Waals surface area contributed by atoms with Crippen LogP contribution in [0.5, 0.6) is 0 Å². The van der Waals surface area contributed by atoms with Crippen LogP contribution in [0.4, 0.5) is 55.3 Å². The van der Waals surface area contributed by atoms with E-state index in [-0.39, 0.29) is 21.4 Å². The van der Waals surface area contributed by atoms with Crippen LogP contribution in [0.15, 0.2) is 29.3 Å². The van der Waals surface area contributed by atoms with E-state index >= 15 is 0 Å². The van der Waals surface area contributed by atoms with E-state index in [0.29, 0.717) is 11.1 Å². The van der Waals surface area contributed by atoms with Gasteiger partial charge in [-0.15, -0.1) is 0 Å². The third kappa shape index (κ3) is 12.0. The number of aryl methyl sites for hydroxylation is 4. The average molecular weight is 926 g/mol. The number of rotatable bonds is 4. The number of halogens is 18. The van der Waals surface area contributed by atoms with Crippen molar-refractivity contribution in [3.63, 3.8) is 0 Å². The summed E-state index contributed by atoms with van der Waals surface area (Å²) >= 11 is 42.5. The summed E-state index contributed by atoms with van der Waals surface area (Å²) in [5.74, 6) is -23.2. The predicted octanol–water partition coefficient (Wildman–Crippen LogP) is 15.2. The second kappa shape index (κ2) is 17.7. The molecule has 284 valence electrons. The van der Waals surface area contributed by atoms with Crippen LogP contribution in [0.25, 0.3) is 0 Å². The molecule has 3 nitrogen and oxygen atoms in total. The molecule has 0 aliphatic rings. The average Bonchev–Trinajstić information content (AvgIpc) is 3.00. The van der Waals surface area contributed by atoms with Gasteiger partial charge >= 0.3 is 59.6 Å². The first-order valence-electron chi connectivity index (χ1n) is 13.3. The van der Waals surface area contributed by atoms with Gasteiger partial charge in [-0.25, -0.2) is 48.9 Å². The van der Waals surface area contributed by atoms with Gasteiger partial charge in [0, 0.05) is 0 Å². The molecule has 22 heteroatoms. The first kappa shape index (κ1) is 46.2. The molecule has 0 saturated carbocycles. The Hall–Kier alpha value is -1.93. The second-order valence-corrected chi connectivity index (χ2v) is 28.0. The normalized spacial score (nSPS) is 12.3. The molecule has 4 aromatic carbocycles. The van der Waals surface area contributed by atoms with Crippen molar-refractivity contribution >= 4 is 117 Å². The van der Waals surface area contributed by atoms with Crippen LogP contribution in [-0.2, 0) is 0 Å². The molecule has 0 bridgehead atoms. The van der Waals surface area contributed by atoms with E-state index in [2.05, 4.69) is 10.3 Å². The topological polar surface area (TPSA) is 41.5 Å². The van der Waals surface area contributed by atoms with Gasteiger partial charge in [-0.1, -0.05) is 46.9 Å². The Kier molecular flexibility index (Phi) is 15.7. The zero-order chi connectivity index (χ0) is 40.4. The van der Waals surface area contributed by atoms with Crippen molar-refractivity contribution in [3.8, 4) is 0 Å². The third-order valence-electron chi connectivity index (χ3n) is 6.13. The molecule has 52 heavy (non-hydrogen) atoms. The van der Waals surface area contributed by atoms with E-state index in [9.17, 15) is 48.7 Å². The van der Waals surface area contributed by atoms with Gasteiger partial charge in [0.05, 0.1) is 27.0 Å².